The number of amides is 2. The first-order chi connectivity index (χ1) is 10.1. The lowest BCUT2D eigenvalue weighted by molar-refractivity contribution is -0.129. The van der Waals surface area contributed by atoms with Crippen LogP contribution < -0.4 is 10.6 Å². The van der Waals surface area contributed by atoms with Gasteiger partial charge in [0.2, 0.25) is 11.8 Å². The second-order valence-electron chi connectivity index (χ2n) is 5.64. The van der Waals surface area contributed by atoms with E-state index in [1.54, 1.807) is 12.4 Å². The van der Waals surface area contributed by atoms with Crippen molar-refractivity contribution in [2.75, 3.05) is 6.61 Å². The molecule has 2 aliphatic rings. The number of carbonyl (C=O) groups is 2. The fourth-order valence-electron chi connectivity index (χ4n) is 3.23. The van der Waals surface area contributed by atoms with E-state index in [0.717, 1.165) is 12.0 Å². The Bertz CT molecular complexity index is 534. The van der Waals surface area contributed by atoms with Crippen molar-refractivity contribution >= 4 is 11.8 Å². The Morgan fingerprint density at radius 2 is 2.05 bits per heavy atom. The third-order valence-electron chi connectivity index (χ3n) is 4.20. The summed E-state index contributed by atoms with van der Waals surface area (Å²) < 4.78 is 5.62. The van der Waals surface area contributed by atoms with E-state index in [4.69, 9.17) is 4.74 Å². The minimum Gasteiger partial charge on any atom is -0.376 e. The molecule has 0 spiro atoms. The van der Waals surface area contributed by atoms with E-state index in [-0.39, 0.29) is 30.0 Å². The molecule has 0 radical (unpaired) electrons. The highest BCUT2D eigenvalue weighted by Gasteiger charge is 2.54. The van der Waals surface area contributed by atoms with Gasteiger partial charge in [0, 0.05) is 31.8 Å². The molecule has 1 aliphatic heterocycles. The molecule has 2 amide bonds. The monoisotopic (exact) mass is 289 g/mol. The van der Waals surface area contributed by atoms with Gasteiger partial charge in [0.25, 0.3) is 0 Å². The van der Waals surface area contributed by atoms with Crippen LogP contribution in [0.15, 0.2) is 24.5 Å². The van der Waals surface area contributed by atoms with Crippen LogP contribution in [0, 0.1) is 5.92 Å². The number of pyridine rings is 1. The van der Waals surface area contributed by atoms with Crippen molar-refractivity contribution in [2.45, 2.75) is 38.0 Å². The Hall–Kier alpha value is -1.95. The summed E-state index contributed by atoms with van der Waals surface area (Å²) in [6.45, 7) is 2.18. The molecule has 6 nitrogen and oxygen atoms in total. The molecule has 1 aromatic rings. The first-order valence-corrected chi connectivity index (χ1v) is 7.22. The van der Waals surface area contributed by atoms with E-state index in [1.807, 2.05) is 12.1 Å². The normalized spacial score (nSPS) is 30.1. The van der Waals surface area contributed by atoms with E-state index in [0.29, 0.717) is 18.9 Å². The standard InChI is InChI=1S/C15H19N3O3/c1-9(19)17-14-13(11-4-7-21-15(11)14)18-12(20)8-10-2-5-16-6-3-10/h2-3,5-6,11,13-15H,4,7-8H2,1H3,(H,17,19)(H,18,20)/t11-,13+,14-,15-/m1/s1. The fraction of sp³-hybridized carbons (Fsp3) is 0.533. The summed E-state index contributed by atoms with van der Waals surface area (Å²) in [5.74, 6) is 0.178. The maximum atomic E-state index is 12.2. The highest BCUT2D eigenvalue weighted by Crippen LogP contribution is 2.39. The SMILES string of the molecule is CC(=O)N[C@@H]1[C@@H](NC(=O)Cc2ccncc2)[C@H]2CCO[C@H]21. The van der Waals surface area contributed by atoms with Gasteiger partial charge in [-0.15, -0.1) is 0 Å². The van der Waals surface area contributed by atoms with Crippen LogP contribution in [0.25, 0.3) is 0 Å². The van der Waals surface area contributed by atoms with Crippen LogP contribution >= 0.6 is 0 Å². The molecule has 2 N–H and O–H groups in total. The van der Waals surface area contributed by atoms with Crippen molar-refractivity contribution < 1.29 is 14.3 Å². The van der Waals surface area contributed by atoms with Crippen molar-refractivity contribution in [3.05, 3.63) is 30.1 Å². The van der Waals surface area contributed by atoms with Crippen LogP contribution in [0.5, 0.6) is 0 Å². The number of hydrogen-bond donors (Lipinski definition) is 2. The van der Waals surface area contributed by atoms with Crippen molar-refractivity contribution in [1.29, 1.82) is 0 Å². The van der Waals surface area contributed by atoms with Gasteiger partial charge in [-0.25, -0.2) is 0 Å². The van der Waals surface area contributed by atoms with E-state index < -0.39 is 0 Å². The first kappa shape index (κ1) is 14.0. The van der Waals surface area contributed by atoms with E-state index >= 15 is 0 Å². The minimum absolute atomic E-state index is 0.0317. The van der Waals surface area contributed by atoms with Crippen LogP contribution in [0.4, 0.5) is 0 Å². The van der Waals surface area contributed by atoms with E-state index in [9.17, 15) is 9.59 Å². The maximum Gasteiger partial charge on any atom is 0.224 e. The molecule has 1 aromatic heterocycles. The number of nitrogens with one attached hydrogen (secondary N) is 2. The molecule has 6 heteroatoms. The van der Waals surface area contributed by atoms with Gasteiger partial charge in [0.15, 0.2) is 0 Å². The van der Waals surface area contributed by atoms with Gasteiger partial charge in [-0.1, -0.05) is 0 Å². The summed E-state index contributed by atoms with van der Waals surface area (Å²) in [4.78, 5) is 27.4. The molecular formula is C15H19N3O3. The van der Waals surface area contributed by atoms with Crippen molar-refractivity contribution in [2.24, 2.45) is 5.92 Å². The number of fused-ring (bicyclic) bond motifs is 1. The molecule has 0 unspecified atom stereocenters. The first-order valence-electron chi connectivity index (χ1n) is 7.22. The van der Waals surface area contributed by atoms with Gasteiger partial charge in [-0.3, -0.25) is 14.6 Å². The summed E-state index contributed by atoms with van der Waals surface area (Å²) in [6, 6.07) is 3.51. The summed E-state index contributed by atoms with van der Waals surface area (Å²) in [7, 11) is 0. The fourth-order valence-corrected chi connectivity index (χ4v) is 3.23. The number of ether oxygens (including phenoxy) is 1. The summed E-state index contributed by atoms with van der Waals surface area (Å²) in [6.07, 6.45) is 4.64. The number of aromatic nitrogens is 1. The molecule has 1 aliphatic carbocycles. The topological polar surface area (TPSA) is 80.3 Å². The Morgan fingerprint density at radius 1 is 1.29 bits per heavy atom. The van der Waals surface area contributed by atoms with Gasteiger partial charge in [-0.2, -0.15) is 0 Å². The predicted molar refractivity (Wildman–Crippen MR) is 75.3 cm³/mol. The number of carbonyl (C=O) groups excluding carboxylic acids is 2. The minimum atomic E-state index is -0.114. The van der Waals surface area contributed by atoms with Gasteiger partial charge >= 0.3 is 0 Å². The Morgan fingerprint density at radius 3 is 2.76 bits per heavy atom. The number of hydrogen-bond acceptors (Lipinski definition) is 4. The van der Waals surface area contributed by atoms with Crippen molar-refractivity contribution in [3.8, 4) is 0 Å². The molecule has 21 heavy (non-hydrogen) atoms. The highest BCUT2D eigenvalue weighted by atomic mass is 16.5. The van der Waals surface area contributed by atoms with E-state index in [1.165, 1.54) is 6.92 Å². The summed E-state index contributed by atoms with van der Waals surface area (Å²) >= 11 is 0. The molecule has 2 heterocycles. The molecule has 2 fully saturated rings. The average Bonchev–Trinajstić information content (AvgIpc) is 2.88. The quantitative estimate of drug-likeness (QED) is 0.819. The van der Waals surface area contributed by atoms with Crippen LogP contribution in [-0.2, 0) is 20.7 Å². The lowest BCUT2D eigenvalue weighted by atomic mass is 9.71. The summed E-state index contributed by atoms with van der Waals surface area (Å²) in [5, 5.41) is 5.92. The zero-order valence-electron chi connectivity index (χ0n) is 11.9. The average molecular weight is 289 g/mol. The van der Waals surface area contributed by atoms with Crippen molar-refractivity contribution in [1.82, 2.24) is 15.6 Å². The zero-order valence-corrected chi connectivity index (χ0v) is 11.9. The van der Waals surface area contributed by atoms with Gasteiger partial charge in [0.05, 0.1) is 24.6 Å². The molecule has 1 saturated heterocycles. The molecular weight excluding hydrogens is 270 g/mol. The molecule has 0 bridgehead atoms. The Balaban J connectivity index is 1.60. The molecule has 3 rings (SSSR count). The van der Waals surface area contributed by atoms with Crippen LogP contribution in [0.2, 0.25) is 0 Å². The third-order valence-corrected chi connectivity index (χ3v) is 4.20. The van der Waals surface area contributed by atoms with Gasteiger partial charge in [0.1, 0.15) is 0 Å². The second-order valence-corrected chi connectivity index (χ2v) is 5.64. The van der Waals surface area contributed by atoms with Crippen LogP contribution in [-0.4, -0.2) is 41.6 Å². The maximum absolute atomic E-state index is 12.2. The van der Waals surface area contributed by atoms with Gasteiger partial charge in [-0.05, 0) is 24.1 Å². The molecule has 1 saturated carbocycles. The van der Waals surface area contributed by atoms with Gasteiger partial charge < -0.3 is 15.4 Å². The molecule has 4 atom stereocenters. The lowest BCUT2D eigenvalue weighted by Crippen LogP contribution is -2.70. The molecule has 0 aromatic carbocycles. The second kappa shape index (κ2) is 5.81. The largest absolute Gasteiger partial charge is 0.376 e. The highest BCUT2D eigenvalue weighted by molar-refractivity contribution is 5.79. The Labute approximate surface area is 123 Å². The number of nitrogens with zero attached hydrogens (tertiary/aromatic N) is 1. The predicted octanol–water partition coefficient (Wildman–Crippen LogP) is 0.0323. The summed E-state index contributed by atoms with van der Waals surface area (Å²) in [5.41, 5.74) is 0.928. The smallest absolute Gasteiger partial charge is 0.224 e. The van der Waals surface area contributed by atoms with Crippen molar-refractivity contribution in [3.63, 3.8) is 0 Å². The van der Waals surface area contributed by atoms with E-state index in [2.05, 4.69) is 15.6 Å². The van der Waals surface area contributed by atoms with Crippen LogP contribution in [0.3, 0.4) is 0 Å². The number of rotatable bonds is 4. The van der Waals surface area contributed by atoms with Crippen LogP contribution in [0.1, 0.15) is 18.9 Å². The third kappa shape index (κ3) is 2.90. The lowest BCUT2D eigenvalue weighted by Gasteiger charge is -2.47. The Kier molecular flexibility index (Phi) is 3.88. The zero-order chi connectivity index (χ0) is 14.8. The molecule has 112 valence electrons.